The molecule has 0 amide bonds. The van der Waals surface area contributed by atoms with Crippen LogP contribution < -0.4 is 0 Å². The first-order valence-corrected chi connectivity index (χ1v) is 25.8. The summed E-state index contributed by atoms with van der Waals surface area (Å²) in [4.78, 5) is 35.5. The van der Waals surface area contributed by atoms with Crippen LogP contribution in [0.15, 0.2) is 85.1 Å². The van der Waals surface area contributed by atoms with Gasteiger partial charge in [-0.25, -0.2) is 4.57 Å². The van der Waals surface area contributed by atoms with Crippen molar-refractivity contribution < 1.29 is 42.1 Å². The van der Waals surface area contributed by atoms with Gasteiger partial charge < -0.3 is 18.9 Å². The second-order valence-electron chi connectivity index (χ2n) is 17.1. The van der Waals surface area contributed by atoms with Crippen molar-refractivity contribution in [3.63, 3.8) is 0 Å². The molecule has 0 heterocycles. The van der Waals surface area contributed by atoms with Gasteiger partial charge in [0.15, 0.2) is 6.10 Å². The molecule has 356 valence electrons. The Bertz CT molecular complexity index is 1330. The third kappa shape index (κ3) is 46.7. The van der Waals surface area contributed by atoms with Gasteiger partial charge in [0.1, 0.15) is 19.8 Å². The number of rotatable bonds is 43. The minimum Gasteiger partial charge on any atom is -0.462 e. The van der Waals surface area contributed by atoms with Gasteiger partial charge in [0.25, 0.3) is 0 Å². The zero-order chi connectivity index (χ0) is 45.7. The van der Waals surface area contributed by atoms with E-state index >= 15 is 0 Å². The van der Waals surface area contributed by atoms with Crippen LogP contribution >= 0.6 is 7.82 Å². The molecule has 0 radical (unpaired) electrons. The van der Waals surface area contributed by atoms with E-state index in [0.29, 0.717) is 23.9 Å². The standard InChI is InChI=1S/C52H90NO8P/c1-6-8-10-12-14-16-18-20-22-24-26-28-30-32-34-36-38-40-42-44-51(54)58-48-50(49-60-62(56,57)59-47-46-53(3,4)5)61-52(55)45-43-41-39-37-35-33-31-29-27-25-23-21-19-17-15-13-11-9-7-2/h8,10,14,16,20-23,26,28,32,34,38,40,50H,6-7,9,11-13,15,17-19,24-25,27,29-31,33,35-37,39,41-49H2,1-5H3/p+1/b10-8+,16-14+,22-20+,23-21+,28-26+,34-32+,40-38+/t50-/m1/s1. The van der Waals surface area contributed by atoms with Crippen LogP contribution in [-0.4, -0.2) is 74.9 Å². The van der Waals surface area contributed by atoms with Crippen molar-refractivity contribution in [2.24, 2.45) is 0 Å². The van der Waals surface area contributed by atoms with Gasteiger partial charge >= 0.3 is 19.8 Å². The van der Waals surface area contributed by atoms with Gasteiger partial charge in [0.2, 0.25) is 0 Å². The molecule has 0 fully saturated rings. The number of allylic oxidation sites excluding steroid dienone is 14. The van der Waals surface area contributed by atoms with Gasteiger partial charge in [-0.1, -0.05) is 176 Å². The van der Waals surface area contributed by atoms with E-state index in [1.165, 1.54) is 83.5 Å². The molecular formula is C52H91NO8P+. The highest BCUT2D eigenvalue weighted by Gasteiger charge is 2.27. The molecule has 0 aromatic rings. The van der Waals surface area contributed by atoms with Gasteiger partial charge in [-0.05, 0) is 77.0 Å². The maximum absolute atomic E-state index is 12.7. The highest BCUT2D eigenvalue weighted by Crippen LogP contribution is 2.43. The number of nitrogens with zero attached hydrogens (tertiary/aromatic N) is 1. The van der Waals surface area contributed by atoms with Crippen LogP contribution in [0.1, 0.15) is 181 Å². The van der Waals surface area contributed by atoms with E-state index in [4.69, 9.17) is 18.5 Å². The fraction of sp³-hybridized carbons (Fsp3) is 0.692. The molecule has 0 rings (SSSR count). The number of hydrogen-bond acceptors (Lipinski definition) is 7. The number of quaternary nitrogens is 1. The van der Waals surface area contributed by atoms with E-state index in [9.17, 15) is 19.0 Å². The smallest absolute Gasteiger partial charge is 0.462 e. The van der Waals surface area contributed by atoms with Crippen LogP contribution in [0.5, 0.6) is 0 Å². The van der Waals surface area contributed by atoms with Crippen molar-refractivity contribution in [2.45, 2.75) is 187 Å². The van der Waals surface area contributed by atoms with E-state index in [-0.39, 0.29) is 26.1 Å². The monoisotopic (exact) mass is 889 g/mol. The second kappa shape index (κ2) is 43.4. The minimum absolute atomic E-state index is 0.0162. The molecule has 1 N–H and O–H groups in total. The zero-order valence-corrected chi connectivity index (χ0v) is 41.0. The Balaban J connectivity index is 4.42. The molecule has 0 bridgehead atoms. The Morgan fingerprint density at radius 3 is 1.44 bits per heavy atom. The van der Waals surface area contributed by atoms with Crippen molar-refractivity contribution in [1.82, 2.24) is 0 Å². The van der Waals surface area contributed by atoms with Crippen LogP contribution in [0.4, 0.5) is 0 Å². The number of esters is 2. The number of ether oxygens (including phenoxy) is 2. The topological polar surface area (TPSA) is 108 Å². The summed E-state index contributed by atoms with van der Waals surface area (Å²) in [6.45, 7) is 4.21. The fourth-order valence-corrected chi connectivity index (χ4v) is 6.89. The predicted molar refractivity (Wildman–Crippen MR) is 261 cm³/mol. The Labute approximate surface area is 380 Å². The zero-order valence-electron chi connectivity index (χ0n) is 40.1. The molecule has 62 heavy (non-hydrogen) atoms. The summed E-state index contributed by atoms with van der Waals surface area (Å²) in [6.07, 6.45) is 56.5. The number of phosphoric ester groups is 1. The number of carbonyl (C=O) groups is 2. The number of phosphoric acid groups is 1. The molecule has 0 spiro atoms. The third-order valence-corrected chi connectivity index (χ3v) is 10.9. The van der Waals surface area contributed by atoms with Gasteiger partial charge in [-0.3, -0.25) is 18.6 Å². The molecule has 0 aromatic carbocycles. The maximum atomic E-state index is 12.7. The Morgan fingerprint density at radius 1 is 0.516 bits per heavy atom. The summed E-state index contributed by atoms with van der Waals surface area (Å²) >= 11 is 0. The molecular weight excluding hydrogens is 798 g/mol. The Morgan fingerprint density at radius 2 is 0.952 bits per heavy atom. The van der Waals surface area contributed by atoms with Crippen LogP contribution in [0.3, 0.4) is 0 Å². The lowest BCUT2D eigenvalue weighted by molar-refractivity contribution is -0.870. The summed E-state index contributed by atoms with van der Waals surface area (Å²) < 4.78 is 34.3. The van der Waals surface area contributed by atoms with Crippen molar-refractivity contribution in [3.05, 3.63) is 85.1 Å². The molecule has 9 nitrogen and oxygen atoms in total. The van der Waals surface area contributed by atoms with E-state index in [1.54, 1.807) is 0 Å². The predicted octanol–water partition coefficient (Wildman–Crippen LogP) is 14.4. The van der Waals surface area contributed by atoms with E-state index in [1.807, 2.05) is 33.3 Å². The molecule has 0 aliphatic rings. The van der Waals surface area contributed by atoms with Crippen LogP contribution in [0.25, 0.3) is 0 Å². The fourth-order valence-electron chi connectivity index (χ4n) is 6.15. The SMILES string of the molecule is CC/C=C/C/C=C/C/C=C/C/C=C/C/C=C/C/C=C/CCC(=O)OC[C@H](COP(=O)(O)OCC[N+](C)(C)C)OC(=O)CCCCCCCCCCC/C=C/CCCCCCCC. The Kier molecular flexibility index (Phi) is 41.5. The van der Waals surface area contributed by atoms with Crippen LogP contribution in [0.2, 0.25) is 0 Å². The molecule has 2 atom stereocenters. The lowest BCUT2D eigenvalue weighted by Crippen LogP contribution is -2.37. The number of carbonyl (C=O) groups excluding carboxylic acids is 2. The first-order valence-electron chi connectivity index (χ1n) is 24.3. The molecule has 1 unspecified atom stereocenters. The largest absolute Gasteiger partial charge is 0.472 e. The van der Waals surface area contributed by atoms with Crippen LogP contribution in [0, 0.1) is 0 Å². The van der Waals surface area contributed by atoms with Crippen molar-refractivity contribution in [1.29, 1.82) is 0 Å². The van der Waals surface area contributed by atoms with Gasteiger partial charge in [-0.15, -0.1) is 0 Å². The van der Waals surface area contributed by atoms with Crippen molar-refractivity contribution >= 4 is 19.8 Å². The highest BCUT2D eigenvalue weighted by atomic mass is 31.2. The van der Waals surface area contributed by atoms with Crippen LogP contribution in [-0.2, 0) is 32.7 Å². The first-order chi connectivity index (χ1) is 30.0. The summed E-state index contributed by atoms with van der Waals surface area (Å²) in [5.41, 5.74) is 0. The number of hydrogen-bond donors (Lipinski definition) is 1. The van der Waals surface area contributed by atoms with Crippen molar-refractivity contribution in [3.8, 4) is 0 Å². The van der Waals surface area contributed by atoms with E-state index in [2.05, 4.69) is 86.8 Å². The molecule has 0 aliphatic heterocycles. The quantitative estimate of drug-likeness (QED) is 0.0212. The summed E-state index contributed by atoms with van der Waals surface area (Å²) in [6, 6.07) is 0. The number of likely N-dealkylation sites (N-methyl/N-ethyl adjacent to an activating group) is 1. The van der Waals surface area contributed by atoms with Gasteiger partial charge in [0, 0.05) is 12.8 Å². The average molecular weight is 889 g/mol. The summed E-state index contributed by atoms with van der Waals surface area (Å²) in [7, 11) is 1.43. The lowest BCUT2D eigenvalue weighted by atomic mass is 10.1. The molecule has 0 aromatic heterocycles. The van der Waals surface area contributed by atoms with Gasteiger partial charge in [-0.2, -0.15) is 0 Å². The first kappa shape index (κ1) is 59.2. The van der Waals surface area contributed by atoms with E-state index < -0.39 is 32.5 Å². The molecule has 0 aliphatic carbocycles. The van der Waals surface area contributed by atoms with Gasteiger partial charge in [0.05, 0.1) is 27.7 Å². The van der Waals surface area contributed by atoms with E-state index in [0.717, 1.165) is 57.8 Å². The molecule has 10 heteroatoms. The molecule has 0 saturated heterocycles. The Hall–Kier alpha value is -2.81. The summed E-state index contributed by atoms with van der Waals surface area (Å²) in [5, 5.41) is 0. The minimum atomic E-state index is -4.40. The third-order valence-electron chi connectivity index (χ3n) is 9.92. The summed E-state index contributed by atoms with van der Waals surface area (Å²) in [5.74, 6) is -0.903. The normalized spacial score (nSPS) is 14.2. The highest BCUT2D eigenvalue weighted by molar-refractivity contribution is 7.47. The molecule has 0 saturated carbocycles. The number of unbranched alkanes of at least 4 members (excludes halogenated alkanes) is 15. The van der Waals surface area contributed by atoms with Crippen molar-refractivity contribution in [2.75, 3.05) is 47.5 Å². The lowest BCUT2D eigenvalue weighted by Gasteiger charge is -2.24. The maximum Gasteiger partial charge on any atom is 0.472 e. The average Bonchev–Trinajstić information content (AvgIpc) is 3.23. The second-order valence-corrected chi connectivity index (χ2v) is 18.6.